The van der Waals surface area contributed by atoms with Gasteiger partial charge in [0.15, 0.2) is 0 Å². The Morgan fingerprint density at radius 2 is 2.00 bits per heavy atom. The first-order valence-corrected chi connectivity index (χ1v) is 6.20. The fourth-order valence-corrected chi connectivity index (χ4v) is 1.96. The molecule has 0 spiro atoms. The van der Waals surface area contributed by atoms with Gasteiger partial charge in [-0.2, -0.15) is 0 Å². The third-order valence-electron chi connectivity index (χ3n) is 3.32. The molecule has 4 nitrogen and oxygen atoms in total. The number of hydrogen-bond acceptors (Lipinski definition) is 4. The minimum atomic E-state index is -1.02. The third-order valence-corrected chi connectivity index (χ3v) is 3.32. The van der Waals surface area contributed by atoms with E-state index < -0.39 is 5.60 Å². The first-order valence-electron chi connectivity index (χ1n) is 6.20. The molecule has 0 heterocycles. The van der Waals surface area contributed by atoms with E-state index in [2.05, 4.69) is 11.8 Å². The summed E-state index contributed by atoms with van der Waals surface area (Å²) in [6.07, 6.45) is 0. The van der Waals surface area contributed by atoms with Crippen molar-refractivity contribution in [1.29, 1.82) is 0 Å². The Balaban J connectivity index is 2.77. The standard InChI is InChI=1S/C14H24N2O2/c1-12(9-18-3)16(2)11-14(17,10-15)13-7-5-4-6-8-13/h4-8,12,17H,9-11,15H2,1-3H3. The summed E-state index contributed by atoms with van der Waals surface area (Å²) in [6.45, 7) is 3.37. The van der Waals surface area contributed by atoms with Crippen molar-refractivity contribution < 1.29 is 9.84 Å². The van der Waals surface area contributed by atoms with Crippen LogP contribution in [0.2, 0.25) is 0 Å². The summed E-state index contributed by atoms with van der Waals surface area (Å²) >= 11 is 0. The van der Waals surface area contributed by atoms with E-state index in [9.17, 15) is 5.11 Å². The number of hydrogen-bond donors (Lipinski definition) is 2. The van der Waals surface area contributed by atoms with Crippen molar-refractivity contribution in [3.05, 3.63) is 35.9 Å². The highest BCUT2D eigenvalue weighted by molar-refractivity contribution is 5.23. The van der Waals surface area contributed by atoms with Gasteiger partial charge < -0.3 is 15.6 Å². The van der Waals surface area contributed by atoms with Crippen molar-refractivity contribution in [2.24, 2.45) is 5.73 Å². The lowest BCUT2D eigenvalue weighted by molar-refractivity contribution is -0.00543. The maximum absolute atomic E-state index is 10.7. The summed E-state index contributed by atoms with van der Waals surface area (Å²) in [5, 5.41) is 10.7. The fourth-order valence-electron chi connectivity index (χ4n) is 1.96. The zero-order valence-electron chi connectivity index (χ0n) is 11.5. The number of methoxy groups -OCH3 is 1. The van der Waals surface area contributed by atoms with Gasteiger partial charge in [0.05, 0.1) is 6.61 Å². The van der Waals surface area contributed by atoms with Gasteiger partial charge in [-0.05, 0) is 19.5 Å². The van der Waals surface area contributed by atoms with Crippen molar-refractivity contribution in [1.82, 2.24) is 4.90 Å². The SMILES string of the molecule is COCC(C)N(C)CC(O)(CN)c1ccccc1. The lowest BCUT2D eigenvalue weighted by Gasteiger charge is -2.34. The molecule has 0 aliphatic carbocycles. The van der Waals surface area contributed by atoms with Crippen molar-refractivity contribution >= 4 is 0 Å². The second-order valence-corrected chi connectivity index (χ2v) is 4.82. The van der Waals surface area contributed by atoms with E-state index in [1.54, 1.807) is 7.11 Å². The predicted molar refractivity (Wildman–Crippen MR) is 73.4 cm³/mol. The number of rotatable bonds is 7. The Hall–Kier alpha value is -0.940. The van der Waals surface area contributed by atoms with Crippen molar-refractivity contribution in [3.63, 3.8) is 0 Å². The molecule has 102 valence electrons. The van der Waals surface area contributed by atoms with Gasteiger partial charge in [-0.1, -0.05) is 30.3 Å². The molecule has 4 heteroatoms. The molecular formula is C14H24N2O2. The molecule has 3 N–H and O–H groups in total. The molecule has 1 rings (SSSR count). The van der Waals surface area contributed by atoms with E-state index in [0.717, 1.165) is 5.56 Å². The highest BCUT2D eigenvalue weighted by Crippen LogP contribution is 2.21. The molecule has 18 heavy (non-hydrogen) atoms. The molecule has 0 fully saturated rings. The Kier molecular flexibility index (Phi) is 5.75. The van der Waals surface area contributed by atoms with E-state index in [4.69, 9.17) is 10.5 Å². The van der Waals surface area contributed by atoms with E-state index in [1.807, 2.05) is 37.4 Å². The molecule has 0 aromatic heterocycles. The number of aliphatic hydroxyl groups is 1. The van der Waals surface area contributed by atoms with Gasteiger partial charge in [0, 0.05) is 26.2 Å². The van der Waals surface area contributed by atoms with Crippen LogP contribution in [0.4, 0.5) is 0 Å². The van der Waals surface area contributed by atoms with Crippen LogP contribution in [0.1, 0.15) is 12.5 Å². The minimum Gasteiger partial charge on any atom is -0.383 e. The first-order chi connectivity index (χ1) is 8.53. The third kappa shape index (κ3) is 3.78. The zero-order chi connectivity index (χ0) is 13.6. The van der Waals surface area contributed by atoms with Crippen LogP contribution in [0.5, 0.6) is 0 Å². The Labute approximate surface area is 109 Å². The maximum atomic E-state index is 10.7. The fraction of sp³-hybridized carbons (Fsp3) is 0.571. The summed E-state index contributed by atoms with van der Waals surface area (Å²) < 4.78 is 5.12. The van der Waals surface area contributed by atoms with E-state index in [0.29, 0.717) is 13.2 Å². The topological polar surface area (TPSA) is 58.7 Å². The number of ether oxygens (including phenoxy) is 1. The molecule has 2 unspecified atom stereocenters. The largest absolute Gasteiger partial charge is 0.383 e. The lowest BCUT2D eigenvalue weighted by Crippen LogP contribution is -2.48. The summed E-state index contributed by atoms with van der Waals surface area (Å²) in [5.74, 6) is 0. The molecule has 1 aromatic carbocycles. The van der Waals surface area contributed by atoms with Crippen LogP contribution in [0.3, 0.4) is 0 Å². The zero-order valence-corrected chi connectivity index (χ0v) is 11.5. The summed E-state index contributed by atoms with van der Waals surface area (Å²) in [4.78, 5) is 2.06. The molecule has 0 aliphatic heterocycles. The summed E-state index contributed by atoms with van der Waals surface area (Å²) in [6, 6.07) is 9.79. The Morgan fingerprint density at radius 3 is 2.50 bits per heavy atom. The van der Waals surface area contributed by atoms with Gasteiger partial charge >= 0.3 is 0 Å². The molecular weight excluding hydrogens is 228 g/mol. The van der Waals surface area contributed by atoms with E-state index in [1.165, 1.54) is 0 Å². The maximum Gasteiger partial charge on any atom is 0.114 e. The predicted octanol–water partition coefficient (Wildman–Crippen LogP) is 0.800. The molecule has 2 atom stereocenters. The number of nitrogens with zero attached hydrogens (tertiary/aromatic N) is 1. The normalized spacial score (nSPS) is 16.6. The Morgan fingerprint density at radius 1 is 1.39 bits per heavy atom. The number of benzene rings is 1. The second-order valence-electron chi connectivity index (χ2n) is 4.82. The average molecular weight is 252 g/mol. The number of likely N-dealkylation sites (N-methyl/N-ethyl adjacent to an activating group) is 1. The molecule has 0 saturated heterocycles. The van der Waals surface area contributed by atoms with E-state index in [-0.39, 0.29) is 12.6 Å². The van der Waals surface area contributed by atoms with Crippen molar-refractivity contribution in [2.75, 3.05) is 33.9 Å². The summed E-state index contributed by atoms with van der Waals surface area (Å²) in [7, 11) is 3.64. The molecule has 1 aromatic rings. The molecule has 0 radical (unpaired) electrons. The molecule has 0 saturated carbocycles. The van der Waals surface area contributed by atoms with Crippen LogP contribution in [0.25, 0.3) is 0 Å². The average Bonchev–Trinajstić information content (AvgIpc) is 2.39. The van der Waals surface area contributed by atoms with Gasteiger partial charge in [-0.15, -0.1) is 0 Å². The highest BCUT2D eigenvalue weighted by Gasteiger charge is 2.30. The second kappa shape index (κ2) is 6.85. The molecule has 0 amide bonds. The highest BCUT2D eigenvalue weighted by atomic mass is 16.5. The van der Waals surface area contributed by atoms with Crippen LogP contribution in [-0.4, -0.2) is 49.9 Å². The van der Waals surface area contributed by atoms with Crippen LogP contribution in [0.15, 0.2) is 30.3 Å². The minimum absolute atomic E-state index is 0.195. The first kappa shape index (κ1) is 15.1. The van der Waals surface area contributed by atoms with Gasteiger partial charge in [0.1, 0.15) is 5.60 Å². The van der Waals surface area contributed by atoms with Crippen LogP contribution in [-0.2, 0) is 10.3 Å². The monoisotopic (exact) mass is 252 g/mol. The quantitative estimate of drug-likeness (QED) is 0.753. The molecule has 0 bridgehead atoms. The van der Waals surface area contributed by atoms with Gasteiger partial charge in [-0.25, -0.2) is 0 Å². The summed E-state index contributed by atoms with van der Waals surface area (Å²) in [5.41, 5.74) is 5.59. The van der Waals surface area contributed by atoms with Gasteiger partial charge in [-0.3, -0.25) is 4.90 Å². The molecule has 0 aliphatic rings. The van der Waals surface area contributed by atoms with E-state index >= 15 is 0 Å². The van der Waals surface area contributed by atoms with Crippen LogP contribution < -0.4 is 5.73 Å². The lowest BCUT2D eigenvalue weighted by atomic mass is 9.93. The van der Waals surface area contributed by atoms with Gasteiger partial charge in [0.2, 0.25) is 0 Å². The van der Waals surface area contributed by atoms with Crippen LogP contribution >= 0.6 is 0 Å². The number of nitrogens with two attached hydrogens (primary N) is 1. The Bertz CT molecular complexity index is 345. The van der Waals surface area contributed by atoms with Crippen molar-refractivity contribution in [2.45, 2.75) is 18.6 Å². The van der Waals surface area contributed by atoms with Gasteiger partial charge in [0.25, 0.3) is 0 Å². The van der Waals surface area contributed by atoms with Crippen molar-refractivity contribution in [3.8, 4) is 0 Å². The smallest absolute Gasteiger partial charge is 0.114 e. The van der Waals surface area contributed by atoms with Crippen LogP contribution in [0, 0.1) is 0 Å².